The van der Waals surface area contributed by atoms with E-state index in [-0.39, 0.29) is 11.8 Å². The lowest BCUT2D eigenvalue weighted by Crippen LogP contribution is -2.38. The molecule has 0 radical (unpaired) electrons. The molecule has 0 bridgehead atoms. The fourth-order valence-electron chi connectivity index (χ4n) is 3.32. The fourth-order valence-corrected chi connectivity index (χ4v) is 4.39. The van der Waals surface area contributed by atoms with Crippen LogP contribution in [0.25, 0.3) is 10.4 Å². The summed E-state index contributed by atoms with van der Waals surface area (Å²) in [5.74, 6) is 0.487. The standard InChI is InChI=1S/C20H26N2OS/c1-14(2)18-7-8-19(24-18)17-6-4-3-5-16(17)13-22-11-9-15(10-12-22)20(21)23/h3-8,14-15H,9-13H2,1-2H3,(H2,21,23). The first-order valence-electron chi connectivity index (χ1n) is 8.74. The van der Waals surface area contributed by atoms with Gasteiger partial charge in [0.1, 0.15) is 0 Å². The average molecular weight is 343 g/mol. The van der Waals surface area contributed by atoms with E-state index in [0.29, 0.717) is 5.92 Å². The van der Waals surface area contributed by atoms with Crippen LogP contribution in [0.15, 0.2) is 36.4 Å². The van der Waals surface area contributed by atoms with Crippen LogP contribution in [0.3, 0.4) is 0 Å². The van der Waals surface area contributed by atoms with Crippen molar-refractivity contribution in [3.8, 4) is 10.4 Å². The number of amides is 1. The first kappa shape index (κ1) is 17.2. The van der Waals surface area contributed by atoms with Crippen LogP contribution in [0.1, 0.15) is 43.0 Å². The summed E-state index contributed by atoms with van der Waals surface area (Å²) in [7, 11) is 0. The quantitative estimate of drug-likeness (QED) is 0.883. The maximum atomic E-state index is 11.3. The minimum absolute atomic E-state index is 0.0578. The molecular weight excluding hydrogens is 316 g/mol. The third-order valence-corrected chi connectivity index (χ3v) is 6.28. The van der Waals surface area contributed by atoms with E-state index in [1.165, 1.54) is 20.9 Å². The first-order chi connectivity index (χ1) is 11.5. The third-order valence-electron chi connectivity index (χ3n) is 4.86. The second kappa shape index (κ2) is 7.49. The minimum atomic E-state index is -0.144. The zero-order chi connectivity index (χ0) is 17.1. The topological polar surface area (TPSA) is 46.3 Å². The van der Waals surface area contributed by atoms with Crippen LogP contribution >= 0.6 is 11.3 Å². The summed E-state index contributed by atoms with van der Waals surface area (Å²) in [6.07, 6.45) is 1.77. The average Bonchev–Trinajstić information content (AvgIpc) is 3.06. The Morgan fingerprint density at radius 3 is 2.54 bits per heavy atom. The second-order valence-electron chi connectivity index (χ2n) is 6.97. The number of piperidine rings is 1. The number of thiophene rings is 1. The predicted octanol–water partition coefficient (Wildman–Crippen LogP) is 4.24. The lowest BCUT2D eigenvalue weighted by molar-refractivity contribution is -0.123. The Morgan fingerprint density at radius 2 is 1.92 bits per heavy atom. The third kappa shape index (κ3) is 3.87. The molecule has 1 aromatic heterocycles. The number of nitrogens with zero attached hydrogens (tertiary/aromatic N) is 1. The molecule has 1 fully saturated rings. The van der Waals surface area contributed by atoms with Gasteiger partial charge in [0.2, 0.25) is 5.91 Å². The van der Waals surface area contributed by atoms with Gasteiger partial charge in [-0.3, -0.25) is 9.69 Å². The molecule has 2 heterocycles. The van der Waals surface area contributed by atoms with Crippen molar-refractivity contribution in [2.24, 2.45) is 11.7 Å². The molecule has 0 aliphatic carbocycles. The number of nitrogens with two attached hydrogens (primary N) is 1. The Morgan fingerprint density at radius 1 is 1.21 bits per heavy atom. The molecule has 1 amide bonds. The maximum Gasteiger partial charge on any atom is 0.220 e. The van der Waals surface area contributed by atoms with Crippen molar-refractivity contribution in [1.29, 1.82) is 0 Å². The summed E-state index contributed by atoms with van der Waals surface area (Å²) in [5.41, 5.74) is 8.14. The molecule has 128 valence electrons. The molecule has 0 atom stereocenters. The van der Waals surface area contributed by atoms with E-state index >= 15 is 0 Å². The monoisotopic (exact) mass is 342 g/mol. The molecule has 24 heavy (non-hydrogen) atoms. The van der Waals surface area contributed by atoms with Gasteiger partial charge in [-0.05, 0) is 55.1 Å². The maximum absolute atomic E-state index is 11.3. The van der Waals surface area contributed by atoms with Crippen molar-refractivity contribution in [2.75, 3.05) is 13.1 Å². The number of hydrogen-bond donors (Lipinski definition) is 1. The van der Waals surface area contributed by atoms with Crippen molar-refractivity contribution >= 4 is 17.2 Å². The number of benzene rings is 1. The van der Waals surface area contributed by atoms with Gasteiger partial charge in [-0.25, -0.2) is 0 Å². The second-order valence-corrected chi connectivity index (χ2v) is 8.08. The molecule has 3 nitrogen and oxygen atoms in total. The molecule has 3 rings (SSSR count). The van der Waals surface area contributed by atoms with Crippen molar-refractivity contribution in [1.82, 2.24) is 4.90 Å². The molecule has 0 saturated carbocycles. The molecule has 1 aliphatic heterocycles. The molecule has 1 aromatic carbocycles. The van der Waals surface area contributed by atoms with Crippen molar-refractivity contribution in [3.63, 3.8) is 0 Å². The van der Waals surface area contributed by atoms with Gasteiger partial charge < -0.3 is 5.73 Å². The Balaban J connectivity index is 1.74. The van der Waals surface area contributed by atoms with E-state index in [4.69, 9.17) is 5.73 Å². The molecule has 1 aliphatic rings. The summed E-state index contributed by atoms with van der Waals surface area (Å²) in [6.45, 7) is 7.32. The van der Waals surface area contributed by atoms with E-state index in [9.17, 15) is 4.79 Å². The lowest BCUT2D eigenvalue weighted by Gasteiger charge is -2.31. The highest BCUT2D eigenvalue weighted by Crippen LogP contribution is 2.34. The Kier molecular flexibility index (Phi) is 5.36. The first-order valence-corrected chi connectivity index (χ1v) is 9.56. The van der Waals surface area contributed by atoms with Crippen LogP contribution in [-0.2, 0) is 11.3 Å². The van der Waals surface area contributed by atoms with Crippen LogP contribution in [-0.4, -0.2) is 23.9 Å². The lowest BCUT2D eigenvalue weighted by atomic mass is 9.95. The summed E-state index contributed by atoms with van der Waals surface area (Å²) in [4.78, 5) is 16.5. The highest BCUT2D eigenvalue weighted by Gasteiger charge is 2.23. The van der Waals surface area contributed by atoms with Gasteiger partial charge in [0, 0.05) is 22.2 Å². The Labute approximate surface area is 148 Å². The van der Waals surface area contributed by atoms with Crippen LogP contribution < -0.4 is 5.73 Å². The normalized spacial score (nSPS) is 16.6. The molecule has 2 N–H and O–H groups in total. The van der Waals surface area contributed by atoms with Gasteiger partial charge in [0.05, 0.1) is 0 Å². The van der Waals surface area contributed by atoms with Gasteiger partial charge in [0.15, 0.2) is 0 Å². The van der Waals surface area contributed by atoms with Gasteiger partial charge in [-0.1, -0.05) is 38.1 Å². The van der Waals surface area contributed by atoms with Crippen molar-refractivity contribution in [2.45, 2.75) is 39.2 Å². The van der Waals surface area contributed by atoms with E-state index in [1.54, 1.807) is 0 Å². The SMILES string of the molecule is CC(C)c1ccc(-c2ccccc2CN2CCC(C(N)=O)CC2)s1. The fraction of sp³-hybridized carbons (Fsp3) is 0.450. The van der Waals surface area contributed by atoms with Crippen LogP contribution in [0.2, 0.25) is 0 Å². The Hall–Kier alpha value is -1.65. The van der Waals surface area contributed by atoms with Gasteiger partial charge in [-0.15, -0.1) is 11.3 Å². The van der Waals surface area contributed by atoms with Crippen LogP contribution in [0.4, 0.5) is 0 Å². The number of rotatable bonds is 5. The summed E-state index contributed by atoms with van der Waals surface area (Å²) >= 11 is 1.89. The zero-order valence-electron chi connectivity index (χ0n) is 14.5. The highest BCUT2D eigenvalue weighted by molar-refractivity contribution is 7.15. The van der Waals surface area contributed by atoms with E-state index in [2.05, 4.69) is 55.1 Å². The summed E-state index contributed by atoms with van der Waals surface area (Å²) in [5, 5.41) is 0. The molecule has 2 aromatic rings. The van der Waals surface area contributed by atoms with Gasteiger partial charge >= 0.3 is 0 Å². The molecule has 4 heteroatoms. The van der Waals surface area contributed by atoms with Crippen molar-refractivity contribution in [3.05, 3.63) is 46.8 Å². The van der Waals surface area contributed by atoms with Crippen molar-refractivity contribution < 1.29 is 4.79 Å². The number of carbonyl (C=O) groups excluding carboxylic acids is 1. The zero-order valence-corrected chi connectivity index (χ0v) is 15.3. The molecule has 0 spiro atoms. The Bertz CT molecular complexity index is 699. The van der Waals surface area contributed by atoms with Gasteiger partial charge in [-0.2, -0.15) is 0 Å². The van der Waals surface area contributed by atoms with Crippen LogP contribution in [0.5, 0.6) is 0 Å². The highest BCUT2D eigenvalue weighted by atomic mass is 32.1. The number of likely N-dealkylation sites (tertiary alicyclic amines) is 1. The minimum Gasteiger partial charge on any atom is -0.369 e. The predicted molar refractivity (Wildman–Crippen MR) is 101 cm³/mol. The van der Waals surface area contributed by atoms with E-state index in [0.717, 1.165) is 32.5 Å². The number of primary amides is 1. The smallest absolute Gasteiger partial charge is 0.220 e. The number of hydrogen-bond acceptors (Lipinski definition) is 3. The number of carbonyl (C=O) groups is 1. The van der Waals surface area contributed by atoms with Crippen LogP contribution in [0, 0.1) is 5.92 Å². The largest absolute Gasteiger partial charge is 0.369 e. The summed E-state index contributed by atoms with van der Waals surface area (Å²) < 4.78 is 0. The molecular formula is C20H26N2OS. The van der Waals surface area contributed by atoms with Gasteiger partial charge in [0.25, 0.3) is 0 Å². The van der Waals surface area contributed by atoms with E-state index < -0.39 is 0 Å². The molecule has 0 unspecified atom stereocenters. The molecule has 1 saturated heterocycles. The van der Waals surface area contributed by atoms with E-state index in [1.807, 2.05) is 11.3 Å². The summed E-state index contributed by atoms with van der Waals surface area (Å²) in [6, 6.07) is 13.2.